The van der Waals surface area contributed by atoms with Crippen LogP contribution in [0.3, 0.4) is 0 Å². The molecule has 6 nitrogen and oxygen atoms in total. The number of hydrogen-bond acceptors (Lipinski definition) is 4. The van der Waals surface area contributed by atoms with Gasteiger partial charge in [-0.2, -0.15) is 0 Å². The SMILES string of the molecule is CCOC1CC(NC(=O)c2cccc(OCC(=O)O)c2)C1(CC)CC. The van der Waals surface area contributed by atoms with E-state index in [2.05, 4.69) is 19.2 Å². The zero-order chi connectivity index (χ0) is 18.4. The molecule has 0 heterocycles. The predicted molar refractivity (Wildman–Crippen MR) is 93.9 cm³/mol. The van der Waals surface area contributed by atoms with Crippen molar-refractivity contribution in [1.82, 2.24) is 5.32 Å². The third-order valence-electron chi connectivity index (χ3n) is 5.23. The van der Waals surface area contributed by atoms with Gasteiger partial charge in [-0.25, -0.2) is 4.79 Å². The lowest BCUT2D eigenvalue weighted by Gasteiger charge is -2.55. The quantitative estimate of drug-likeness (QED) is 0.716. The summed E-state index contributed by atoms with van der Waals surface area (Å²) in [7, 11) is 0. The predicted octanol–water partition coefficient (Wildman–Crippen LogP) is 2.86. The Morgan fingerprint density at radius 3 is 2.60 bits per heavy atom. The molecular weight excluding hydrogens is 322 g/mol. The highest BCUT2D eigenvalue weighted by Crippen LogP contribution is 2.49. The smallest absolute Gasteiger partial charge is 0.341 e. The first kappa shape index (κ1) is 19.2. The summed E-state index contributed by atoms with van der Waals surface area (Å²) in [4.78, 5) is 23.2. The second kappa shape index (κ2) is 8.34. The summed E-state index contributed by atoms with van der Waals surface area (Å²) in [6.07, 6.45) is 2.89. The highest BCUT2D eigenvalue weighted by atomic mass is 16.5. The van der Waals surface area contributed by atoms with Crippen LogP contribution in [0.4, 0.5) is 0 Å². The summed E-state index contributed by atoms with van der Waals surface area (Å²) >= 11 is 0. The van der Waals surface area contributed by atoms with Crippen LogP contribution < -0.4 is 10.1 Å². The lowest BCUT2D eigenvalue weighted by Crippen LogP contribution is -2.64. The van der Waals surface area contributed by atoms with Crippen LogP contribution in [-0.2, 0) is 9.53 Å². The van der Waals surface area contributed by atoms with Crippen LogP contribution in [0, 0.1) is 5.41 Å². The fourth-order valence-electron chi connectivity index (χ4n) is 3.70. The van der Waals surface area contributed by atoms with Crippen molar-refractivity contribution >= 4 is 11.9 Å². The molecule has 1 saturated carbocycles. The summed E-state index contributed by atoms with van der Waals surface area (Å²) in [5, 5.41) is 11.8. The van der Waals surface area contributed by atoms with Crippen LogP contribution in [0.1, 0.15) is 50.4 Å². The molecular formula is C19H27NO5. The van der Waals surface area contributed by atoms with Crippen molar-refractivity contribution < 1.29 is 24.2 Å². The Labute approximate surface area is 148 Å². The Balaban J connectivity index is 2.04. The average molecular weight is 349 g/mol. The van der Waals surface area contributed by atoms with Gasteiger partial charge < -0.3 is 19.9 Å². The Bertz CT molecular complexity index is 612. The van der Waals surface area contributed by atoms with E-state index in [4.69, 9.17) is 14.6 Å². The molecule has 0 spiro atoms. The van der Waals surface area contributed by atoms with Crippen molar-refractivity contribution in [1.29, 1.82) is 0 Å². The first-order chi connectivity index (χ1) is 12.0. The second-order valence-electron chi connectivity index (χ2n) is 6.36. The van der Waals surface area contributed by atoms with Crippen LogP contribution in [0.15, 0.2) is 24.3 Å². The van der Waals surface area contributed by atoms with Gasteiger partial charge >= 0.3 is 5.97 Å². The zero-order valence-electron chi connectivity index (χ0n) is 15.1. The van der Waals surface area contributed by atoms with Gasteiger partial charge in [-0.3, -0.25) is 4.79 Å². The van der Waals surface area contributed by atoms with Gasteiger partial charge in [0.25, 0.3) is 5.91 Å². The number of nitrogens with one attached hydrogen (secondary N) is 1. The number of carboxylic acid groups (broad SMARTS) is 1. The van der Waals surface area contributed by atoms with Crippen LogP contribution in [-0.4, -0.2) is 42.3 Å². The lowest BCUT2D eigenvalue weighted by atomic mass is 9.58. The number of hydrogen-bond donors (Lipinski definition) is 2. The van der Waals surface area contributed by atoms with E-state index < -0.39 is 12.6 Å². The fraction of sp³-hybridized carbons (Fsp3) is 0.579. The monoisotopic (exact) mass is 349 g/mol. The minimum Gasteiger partial charge on any atom is -0.482 e. The van der Waals surface area contributed by atoms with Gasteiger partial charge in [0.05, 0.1) is 6.10 Å². The van der Waals surface area contributed by atoms with Gasteiger partial charge in [-0.1, -0.05) is 19.9 Å². The number of carbonyl (C=O) groups is 2. The highest BCUT2D eigenvalue weighted by molar-refractivity contribution is 5.95. The molecule has 6 heteroatoms. The number of ether oxygens (including phenoxy) is 2. The summed E-state index contributed by atoms with van der Waals surface area (Å²) in [5.74, 6) is -0.859. The van der Waals surface area contributed by atoms with E-state index >= 15 is 0 Å². The molecule has 0 radical (unpaired) electrons. The molecule has 2 unspecified atom stereocenters. The Hall–Kier alpha value is -2.08. The molecule has 0 aliphatic heterocycles. The van der Waals surface area contributed by atoms with E-state index in [0.29, 0.717) is 17.9 Å². The molecule has 1 fully saturated rings. The highest BCUT2D eigenvalue weighted by Gasteiger charge is 2.53. The largest absolute Gasteiger partial charge is 0.482 e. The number of benzene rings is 1. The maximum Gasteiger partial charge on any atom is 0.341 e. The van der Waals surface area contributed by atoms with Crippen LogP contribution >= 0.6 is 0 Å². The van der Waals surface area contributed by atoms with Gasteiger partial charge in [0.2, 0.25) is 0 Å². The molecule has 2 rings (SSSR count). The third-order valence-corrected chi connectivity index (χ3v) is 5.23. The molecule has 1 aromatic carbocycles. The van der Waals surface area contributed by atoms with E-state index in [9.17, 15) is 9.59 Å². The Kier molecular flexibility index (Phi) is 6.42. The van der Waals surface area contributed by atoms with Gasteiger partial charge in [0.15, 0.2) is 6.61 Å². The first-order valence-electron chi connectivity index (χ1n) is 8.83. The lowest BCUT2D eigenvalue weighted by molar-refractivity contribution is -0.139. The summed E-state index contributed by atoms with van der Waals surface area (Å²) in [6.45, 7) is 6.50. The summed E-state index contributed by atoms with van der Waals surface area (Å²) in [6, 6.07) is 6.66. The molecule has 2 N–H and O–H groups in total. The number of carboxylic acids is 1. The molecule has 1 aromatic rings. The van der Waals surface area contributed by atoms with Crippen molar-refractivity contribution in [2.24, 2.45) is 5.41 Å². The topological polar surface area (TPSA) is 84.9 Å². The number of amides is 1. The van der Waals surface area contributed by atoms with Crippen molar-refractivity contribution in [2.75, 3.05) is 13.2 Å². The van der Waals surface area contributed by atoms with Crippen LogP contribution in [0.25, 0.3) is 0 Å². The van der Waals surface area contributed by atoms with E-state index in [1.165, 1.54) is 0 Å². The van der Waals surface area contributed by atoms with Gasteiger partial charge in [0, 0.05) is 23.6 Å². The Morgan fingerprint density at radius 2 is 2.00 bits per heavy atom. The van der Waals surface area contributed by atoms with Gasteiger partial charge in [-0.05, 0) is 44.4 Å². The number of rotatable bonds is 9. The van der Waals surface area contributed by atoms with Gasteiger partial charge in [0.1, 0.15) is 5.75 Å². The molecule has 1 amide bonds. The minimum atomic E-state index is -1.05. The zero-order valence-corrected chi connectivity index (χ0v) is 15.1. The van der Waals surface area contributed by atoms with Crippen molar-refractivity contribution in [3.05, 3.63) is 29.8 Å². The maximum absolute atomic E-state index is 12.6. The fourth-order valence-corrected chi connectivity index (χ4v) is 3.70. The molecule has 138 valence electrons. The van der Waals surface area contributed by atoms with Crippen molar-refractivity contribution in [3.8, 4) is 5.75 Å². The van der Waals surface area contributed by atoms with Crippen molar-refractivity contribution in [3.63, 3.8) is 0 Å². The van der Waals surface area contributed by atoms with Crippen LogP contribution in [0.2, 0.25) is 0 Å². The number of carbonyl (C=O) groups excluding carboxylic acids is 1. The minimum absolute atomic E-state index is 0.0247. The molecule has 0 saturated heterocycles. The standard InChI is InChI=1S/C19H27NO5/c1-4-19(5-2)15(11-16(19)24-6-3)20-18(23)13-8-7-9-14(10-13)25-12-17(21)22/h7-10,15-16H,4-6,11-12H2,1-3H3,(H,20,23)(H,21,22). The Morgan fingerprint density at radius 1 is 1.28 bits per heavy atom. The molecule has 0 aromatic heterocycles. The summed E-state index contributed by atoms with van der Waals surface area (Å²) in [5.41, 5.74) is 0.437. The average Bonchev–Trinajstić information content (AvgIpc) is 2.60. The van der Waals surface area contributed by atoms with Crippen molar-refractivity contribution in [2.45, 2.75) is 52.2 Å². The molecule has 0 bridgehead atoms. The molecule has 1 aliphatic rings. The normalized spacial score (nSPS) is 21.2. The third kappa shape index (κ3) is 4.12. The molecule has 25 heavy (non-hydrogen) atoms. The number of aliphatic carboxylic acids is 1. The van der Waals surface area contributed by atoms with E-state index in [1.54, 1.807) is 24.3 Å². The van der Waals surface area contributed by atoms with Crippen LogP contribution in [0.5, 0.6) is 5.75 Å². The maximum atomic E-state index is 12.6. The summed E-state index contributed by atoms with van der Waals surface area (Å²) < 4.78 is 11.0. The van der Waals surface area contributed by atoms with Gasteiger partial charge in [-0.15, -0.1) is 0 Å². The van der Waals surface area contributed by atoms with E-state index in [0.717, 1.165) is 19.3 Å². The first-order valence-corrected chi connectivity index (χ1v) is 8.83. The second-order valence-corrected chi connectivity index (χ2v) is 6.36. The van der Waals surface area contributed by atoms with E-state index in [1.807, 2.05) is 6.92 Å². The molecule has 1 aliphatic carbocycles. The molecule has 2 atom stereocenters. The van der Waals surface area contributed by atoms with E-state index in [-0.39, 0.29) is 23.5 Å².